The molecule has 1 saturated heterocycles. The van der Waals surface area contributed by atoms with E-state index in [4.69, 9.17) is 27.9 Å². The number of nitrogens with zero attached hydrogens (tertiary/aromatic N) is 2. The van der Waals surface area contributed by atoms with Gasteiger partial charge in [-0.15, -0.1) is 0 Å². The average molecular weight is 666 g/mol. The minimum atomic E-state index is -4.10. The lowest BCUT2D eigenvalue weighted by molar-refractivity contribution is -0.184. The van der Waals surface area contributed by atoms with Gasteiger partial charge in [-0.25, -0.2) is 12.8 Å². The molecule has 1 N–H and O–H groups in total. The first kappa shape index (κ1) is 33.7. The van der Waals surface area contributed by atoms with E-state index < -0.39 is 63.7 Å². The van der Waals surface area contributed by atoms with Gasteiger partial charge in [0.2, 0.25) is 10.0 Å². The molecule has 0 aliphatic carbocycles. The molecular formula is C32H35Cl2FN2O6S. The van der Waals surface area contributed by atoms with Crippen molar-refractivity contribution in [1.29, 1.82) is 0 Å². The fourth-order valence-electron chi connectivity index (χ4n) is 5.40. The Morgan fingerprint density at radius 3 is 2.20 bits per heavy atom. The zero-order valence-electron chi connectivity index (χ0n) is 24.7. The van der Waals surface area contributed by atoms with Crippen LogP contribution >= 0.6 is 23.2 Å². The van der Waals surface area contributed by atoms with E-state index in [1.807, 2.05) is 13.8 Å². The summed E-state index contributed by atoms with van der Waals surface area (Å²) in [6.45, 7) is 6.37. The Morgan fingerprint density at radius 2 is 1.64 bits per heavy atom. The molecule has 1 aliphatic rings. The third-order valence-electron chi connectivity index (χ3n) is 7.68. The van der Waals surface area contributed by atoms with Gasteiger partial charge in [-0.1, -0.05) is 73.4 Å². The molecule has 12 heteroatoms. The highest BCUT2D eigenvalue weighted by molar-refractivity contribution is 7.93. The molecule has 3 aromatic carbocycles. The molecular weight excluding hydrogens is 630 g/mol. The van der Waals surface area contributed by atoms with Crippen LogP contribution < -0.4 is 4.31 Å². The van der Waals surface area contributed by atoms with Crippen molar-refractivity contribution in [1.82, 2.24) is 4.90 Å². The largest absolute Gasteiger partial charge is 0.481 e. The van der Waals surface area contributed by atoms with Crippen LogP contribution in [0.3, 0.4) is 0 Å². The minimum Gasteiger partial charge on any atom is -0.481 e. The molecule has 236 valence electrons. The van der Waals surface area contributed by atoms with E-state index in [2.05, 4.69) is 0 Å². The number of hydrogen-bond acceptors (Lipinski definition) is 5. The van der Waals surface area contributed by atoms with Crippen molar-refractivity contribution in [2.75, 3.05) is 10.8 Å². The average Bonchev–Trinajstić information content (AvgIpc) is 2.95. The zero-order chi connectivity index (χ0) is 32.3. The summed E-state index contributed by atoms with van der Waals surface area (Å²) in [5.74, 6) is -2.97. The van der Waals surface area contributed by atoms with Crippen LogP contribution in [0, 0.1) is 11.7 Å². The number of carbonyl (C=O) groups is 2. The molecule has 0 unspecified atom stereocenters. The van der Waals surface area contributed by atoms with Crippen LogP contribution in [-0.4, -0.2) is 54.2 Å². The third-order valence-corrected chi connectivity index (χ3v) is 10.3. The van der Waals surface area contributed by atoms with Gasteiger partial charge in [-0.2, -0.15) is 0 Å². The van der Waals surface area contributed by atoms with Crippen molar-refractivity contribution in [2.45, 2.75) is 63.7 Å². The van der Waals surface area contributed by atoms with Crippen LogP contribution in [0.2, 0.25) is 10.0 Å². The summed E-state index contributed by atoms with van der Waals surface area (Å²) in [5.41, 5.74) is 1.06. The maximum atomic E-state index is 15.2. The summed E-state index contributed by atoms with van der Waals surface area (Å²) in [5, 5.41) is 9.68. The lowest BCUT2D eigenvalue weighted by Crippen LogP contribution is -2.59. The Kier molecular flexibility index (Phi) is 10.6. The maximum Gasteiger partial charge on any atom is 0.306 e. The molecule has 1 heterocycles. The molecule has 0 aromatic heterocycles. The van der Waals surface area contributed by atoms with Gasteiger partial charge in [0.15, 0.2) is 0 Å². The number of morpholine rings is 1. The molecule has 0 radical (unpaired) electrons. The van der Waals surface area contributed by atoms with Crippen LogP contribution in [0.1, 0.15) is 57.4 Å². The summed E-state index contributed by atoms with van der Waals surface area (Å²) >= 11 is 12.6. The molecule has 8 nitrogen and oxygen atoms in total. The Labute approximate surface area is 267 Å². The van der Waals surface area contributed by atoms with E-state index in [1.165, 1.54) is 36.9 Å². The first-order chi connectivity index (χ1) is 20.7. The molecule has 1 aliphatic heterocycles. The van der Waals surface area contributed by atoms with Gasteiger partial charge in [0.1, 0.15) is 18.0 Å². The Bertz CT molecular complexity index is 1600. The van der Waals surface area contributed by atoms with Crippen molar-refractivity contribution >= 4 is 50.8 Å². The Hall–Kier alpha value is -3.18. The number of carboxylic acid groups (broad SMARTS) is 1. The van der Waals surface area contributed by atoms with Gasteiger partial charge in [0.25, 0.3) is 5.91 Å². The number of hydrogen-bond donors (Lipinski definition) is 1. The fraction of sp³-hybridized carbons (Fsp3) is 0.375. The van der Waals surface area contributed by atoms with E-state index in [1.54, 1.807) is 54.6 Å². The predicted octanol–water partition coefficient (Wildman–Crippen LogP) is 6.89. The quantitative estimate of drug-likeness (QED) is 0.239. The SMILES string of the molecule is CC(C)[C@@H](CN(c1ccccc1F)S(=O)(=O)C(C)C)N1C(=O)[C@H](CC(=O)O)O[C@H](c2cccc(Cl)c2)[C@H]1c1ccc(Cl)cc1. The van der Waals surface area contributed by atoms with E-state index in [0.717, 1.165) is 4.31 Å². The number of aliphatic carboxylic acids is 1. The van der Waals surface area contributed by atoms with Crippen LogP contribution in [0.15, 0.2) is 72.8 Å². The minimum absolute atomic E-state index is 0.149. The smallest absolute Gasteiger partial charge is 0.306 e. The van der Waals surface area contributed by atoms with Crippen molar-refractivity contribution in [3.8, 4) is 0 Å². The predicted molar refractivity (Wildman–Crippen MR) is 169 cm³/mol. The molecule has 0 spiro atoms. The van der Waals surface area contributed by atoms with Gasteiger partial charge >= 0.3 is 5.97 Å². The van der Waals surface area contributed by atoms with Crippen LogP contribution in [0.4, 0.5) is 10.1 Å². The van der Waals surface area contributed by atoms with Crippen molar-refractivity contribution in [3.05, 3.63) is 99.8 Å². The molecule has 4 atom stereocenters. The highest BCUT2D eigenvalue weighted by Gasteiger charge is 2.49. The third kappa shape index (κ3) is 7.20. The molecule has 0 saturated carbocycles. The second-order valence-corrected chi connectivity index (χ2v) is 14.6. The molecule has 0 bridgehead atoms. The summed E-state index contributed by atoms with van der Waals surface area (Å²) in [6, 6.07) is 17.5. The molecule has 1 fully saturated rings. The van der Waals surface area contributed by atoms with Crippen LogP contribution in [-0.2, 0) is 24.3 Å². The standard InChI is InChI=1S/C32H35Cl2FN2O6S/c1-19(2)27(18-36(44(41,42)20(3)4)26-11-6-5-10-25(26)35)37-30(21-12-14-23(33)15-13-21)31(22-8-7-9-24(34)16-22)43-28(32(37)40)17-29(38)39/h5-16,19-20,27-28,30-31H,17-18H2,1-4H3,(H,38,39)/t27-,28+,30-,31-/m1/s1. The molecule has 4 rings (SSSR count). The normalized spacial score (nSPS) is 19.8. The highest BCUT2D eigenvalue weighted by atomic mass is 35.5. The summed E-state index contributed by atoms with van der Waals surface area (Å²) in [4.78, 5) is 27.7. The Balaban J connectivity index is 1.95. The monoisotopic (exact) mass is 664 g/mol. The number of sulfonamides is 1. The number of rotatable bonds is 11. The molecule has 3 aromatic rings. The van der Waals surface area contributed by atoms with Crippen molar-refractivity contribution < 1.29 is 32.2 Å². The Morgan fingerprint density at radius 1 is 0.977 bits per heavy atom. The number of carboxylic acids is 1. The summed E-state index contributed by atoms with van der Waals surface area (Å²) < 4.78 is 50.0. The van der Waals surface area contributed by atoms with Gasteiger partial charge in [0, 0.05) is 10.0 Å². The second-order valence-electron chi connectivity index (χ2n) is 11.3. The summed E-state index contributed by atoms with van der Waals surface area (Å²) in [7, 11) is -4.10. The maximum absolute atomic E-state index is 15.2. The number of benzene rings is 3. The number of carbonyl (C=O) groups excluding carboxylic acids is 1. The zero-order valence-corrected chi connectivity index (χ0v) is 27.1. The highest BCUT2D eigenvalue weighted by Crippen LogP contribution is 2.45. The van der Waals surface area contributed by atoms with Crippen molar-refractivity contribution in [2.24, 2.45) is 5.92 Å². The lowest BCUT2D eigenvalue weighted by Gasteiger charge is -2.50. The van der Waals surface area contributed by atoms with Gasteiger partial charge < -0.3 is 14.7 Å². The summed E-state index contributed by atoms with van der Waals surface area (Å²) in [6.07, 6.45) is -2.89. The van der Waals surface area contributed by atoms with E-state index >= 15 is 4.39 Å². The van der Waals surface area contributed by atoms with Crippen LogP contribution in [0.25, 0.3) is 0 Å². The molecule has 1 amide bonds. The van der Waals surface area contributed by atoms with Gasteiger partial charge in [-0.3, -0.25) is 13.9 Å². The van der Waals surface area contributed by atoms with E-state index in [9.17, 15) is 23.1 Å². The van der Waals surface area contributed by atoms with Gasteiger partial charge in [-0.05, 0) is 67.3 Å². The van der Waals surface area contributed by atoms with Crippen LogP contribution in [0.5, 0.6) is 0 Å². The first-order valence-corrected chi connectivity index (χ1v) is 16.4. The van der Waals surface area contributed by atoms with E-state index in [0.29, 0.717) is 21.2 Å². The fourth-order valence-corrected chi connectivity index (χ4v) is 7.02. The molecule has 44 heavy (non-hydrogen) atoms. The lowest BCUT2D eigenvalue weighted by atomic mass is 9.88. The number of anilines is 1. The number of ether oxygens (including phenoxy) is 1. The van der Waals surface area contributed by atoms with Crippen molar-refractivity contribution in [3.63, 3.8) is 0 Å². The first-order valence-electron chi connectivity index (χ1n) is 14.2. The topological polar surface area (TPSA) is 104 Å². The number of para-hydroxylation sites is 1. The number of amides is 1. The van der Waals surface area contributed by atoms with E-state index in [-0.39, 0.29) is 18.2 Å². The second kappa shape index (κ2) is 13.9. The number of halogens is 3. The van der Waals surface area contributed by atoms with Gasteiger partial charge in [0.05, 0.1) is 36.0 Å².